The summed E-state index contributed by atoms with van der Waals surface area (Å²) < 4.78 is 34.9. The largest absolute Gasteiger partial charge is 0.461 e. The fourth-order valence-electron chi connectivity index (χ4n) is 4.68. The monoisotopic (exact) mass is 521 g/mol. The van der Waals surface area contributed by atoms with Gasteiger partial charge in [-0.3, -0.25) is 4.79 Å². The average Bonchev–Trinajstić information content (AvgIpc) is 3.22. The zero-order chi connectivity index (χ0) is 25.7. The van der Waals surface area contributed by atoms with Gasteiger partial charge in [0.25, 0.3) is 15.9 Å². The molecule has 0 spiro atoms. The van der Waals surface area contributed by atoms with E-state index in [0.29, 0.717) is 10.6 Å². The zero-order valence-corrected chi connectivity index (χ0v) is 22.1. The number of carbonyl (C=O) groups is 1. The van der Waals surface area contributed by atoms with Crippen LogP contribution in [0.3, 0.4) is 0 Å². The summed E-state index contributed by atoms with van der Waals surface area (Å²) in [6.07, 6.45) is 3.86. The van der Waals surface area contributed by atoms with Crippen molar-refractivity contribution in [2.75, 3.05) is 4.31 Å². The Balaban J connectivity index is 1.66. The Labute approximate surface area is 216 Å². The second-order valence-corrected chi connectivity index (χ2v) is 12.5. The highest BCUT2D eigenvalue weighted by Gasteiger charge is 2.33. The van der Waals surface area contributed by atoms with Gasteiger partial charge < -0.3 is 4.42 Å². The van der Waals surface area contributed by atoms with Crippen LogP contribution in [0.25, 0.3) is 11.0 Å². The molecule has 0 atom stereocenters. The van der Waals surface area contributed by atoms with E-state index in [-0.39, 0.29) is 21.6 Å². The lowest BCUT2D eigenvalue weighted by Gasteiger charge is -2.24. The minimum absolute atomic E-state index is 0.0483. The normalized spacial score (nSPS) is 14.0. The number of amides is 1. The maximum Gasteiger partial charge on any atom is 0.272 e. The highest BCUT2D eigenvalue weighted by atomic mass is 35.5. The number of rotatable bonds is 4. The summed E-state index contributed by atoms with van der Waals surface area (Å²) in [6.45, 7) is 6.19. The van der Waals surface area contributed by atoms with Crippen LogP contribution in [-0.4, -0.2) is 14.3 Å². The molecule has 1 aliphatic carbocycles. The maximum absolute atomic E-state index is 14.0. The van der Waals surface area contributed by atoms with Gasteiger partial charge in [-0.1, -0.05) is 44.5 Å². The van der Waals surface area contributed by atoms with Crippen molar-refractivity contribution in [1.29, 1.82) is 0 Å². The number of sulfonamides is 1. The third-order valence-electron chi connectivity index (χ3n) is 6.71. The van der Waals surface area contributed by atoms with Crippen LogP contribution in [-0.2, 0) is 28.3 Å². The number of hydrogen-bond acceptors (Lipinski definition) is 4. The maximum atomic E-state index is 14.0. The molecule has 5 rings (SSSR count). The van der Waals surface area contributed by atoms with Gasteiger partial charge in [0.1, 0.15) is 11.3 Å². The zero-order valence-electron chi connectivity index (χ0n) is 20.5. The average molecular weight is 522 g/mol. The van der Waals surface area contributed by atoms with Crippen LogP contribution in [0.4, 0.5) is 5.69 Å². The highest BCUT2D eigenvalue weighted by Crippen LogP contribution is 2.36. The van der Waals surface area contributed by atoms with Gasteiger partial charge >= 0.3 is 0 Å². The second kappa shape index (κ2) is 9.09. The Morgan fingerprint density at radius 3 is 2.25 bits per heavy atom. The van der Waals surface area contributed by atoms with E-state index in [2.05, 4.69) is 20.8 Å². The molecule has 0 radical (unpaired) electrons. The molecule has 0 aliphatic heterocycles. The van der Waals surface area contributed by atoms with E-state index in [1.807, 2.05) is 0 Å². The van der Waals surface area contributed by atoms with Gasteiger partial charge in [0.05, 0.1) is 10.6 Å². The second-order valence-electron chi connectivity index (χ2n) is 10.2. The van der Waals surface area contributed by atoms with Crippen LogP contribution in [0.2, 0.25) is 5.02 Å². The van der Waals surface area contributed by atoms with E-state index < -0.39 is 15.9 Å². The van der Waals surface area contributed by atoms with Gasteiger partial charge in [-0.25, -0.2) is 8.42 Å². The van der Waals surface area contributed by atoms with Gasteiger partial charge in [0.15, 0.2) is 0 Å². The van der Waals surface area contributed by atoms with Crippen LogP contribution in [0, 0.1) is 0 Å². The number of hydrogen-bond donors (Lipinski definition) is 0. The van der Waals surface area contributed by atoms with Crippen molar-refractivity contribution >= 4 is 44.2 Å². The number of anilines is 1. The van der Waals surface area contributed by atoms with Crippen LogP contribution in [0.1, 0.15) is 60.9 Å². The summed E-state index contributed by atoms with van der Waals surface area (Å²) in [5.41, 5.74) is 3.18. The van der Waals surface area contributed by atoms with Crippen LogP contribution < -0.4 is 4.31 Å². The Morgan fingerprint density at radius 1 is 0.917 bits per heavy atom. The molecule has 0 bridgehead atoms. The number of carbonyl (C=O) groups excluding carboxylic acids is 1. The number of nitrogens with zero attached hydrogens (tertiary/aromatic N) is 1. The minimum Gasteiger partial charge on any atom is -0.461 e. The molecule has 5 nitrogen and oxygen atoms in total. The van der Waals surface area contributed by atoms with Crippen molar-refractivity contribution in [2.45, 2.75) is 56.8 Å². The number of halogens is 1. The van der Waals surface area contributed by atoms with Crippen LogP contribution in [0.5, 0.6) is 0 Å². The lowest BCUT2D eigenvalue weighted by atomic mass is 9.87. The summed E-state index contributed by atoms with van der Waals surface area (Å²) in [5, 5.41) is 1.32. The third kappa shape index (κ3) is 4.44. The predicted molar refractivity (Wildman–Crippen MR) is 143 cm³/mol. The first-order chi connectivity index (χ1) is 17.1. The molecule has 186 valence electrons. The summed E-state index contributed by atoms with van der Waals surface area (Å²) in [7, 11) is -4.23. The van der Waals surface area contributed by atoms with Gasteiger partial charge in [0, 0.05) is 28.0 Å². The molecule has 1 aromatic heterocycles. The lowest BCUT2D eigenvalue weighted by Crippen LogP contribution is -2.37. The lowest BCUT2D eigenvalue weighted by molar-refractivity contribution is 0.101. The topological polar surface area (TPSA) is 67.6 Å². The van der Waals surface area contributed by atoms with Gasteiger partial charge in [-0.05, 0) is 84.8 Å². The van der Waals surface area contributed by atoms with Gasteiger partial charge in [-0.15, -0.1) is 0 Å². The predicted octanol–water partition coefficient (Wildman–Crippen LogP) is 7.30. The quantitative estimate of drug-likeness (QED) is 0.282. The number of furan rings is 1. The summed E-state index contributed by atoms with van der Waals surface area (Å²) in [4.78, 5) is 13.8. The molecule has 0 fully saturated rings. The van der Waals surface area contributed by atoms with E-state index in [0.717, 1.165) is 52.3 Å². The van der Waals surface area contributed by atoms with E-state index >= 15 is 0 Å². The number of fused-ring (bicyclic) bond motifs is 3. The first-order valence-electron chi connectivity index (χ1n) is 12.1. The Bertz CT molecular complexity index is 1550. The minimum atomic E-state index is -4.23. The molecule has 0 unspecified atom stereocenters. The highest BCUT2D eigenvalue weighted by molar-refractivity contribution is 7.93. The molecule has 1 heterocycles. The molecular formula is C29H28ClNO4S. The number of aryl methyl sites for hydroxylation is 2. The molecule has 0 N–H and O–H groups in total. The van der Waals surface area contributed by atoms with Gasteiger partial charge in [-0.2, -0.15) is 4.31 Å². The molecule has 3 aromatic carbocycles. The standard InChI is InChI=1S/C29H28ClNO4S/c1-29(2,3)20-10-15-23(16-11-20)36(33,34)31(28(32)19-8-12-21(30)13-9-19)22-14-17-27-25(18-22)24-6-4-5-7-26(24)35-27/h8-18H,4-7H2,1-3H3. The van der Waals surface area contributed by atoms with Crippen molar-refractivity contribution in [3.8, 4) is 0 Å². The molecule has 36 heavy (non-hydrogen) atoms. The van der Waals surface area contributed by atoms with E-state index in [1.165, 1.54) is 12.1 Å². The van der Waals surface area contributed by atoms with Gasteiger partial charge in [0.2, 0.25) is 0 Å². The SMILES string of the molecule is CC(C)(C)c1ccc(S(=O)(=O)N(C(=O)c2ccc(Cl)cc2)c2ccc3oc4c(c3c2)CCCC4)cc1. The first kappa shape index (κ1) is 24.6. The van der Waals surface area contributed by atoms with E-state index in [9.17, 15) is 13.2 Å². The van der Waals surface area contributed by atoms with Crippen molar-refractivity contribution in [3.63, 3.8) is 0 Å². The molecule has 1 amide bonds. The molecule has 1 aliphatic rings. The summed E-state index contributed by atoms with van der Waals surface area (Å²) in [5.74, 6) is 0.299. The van der Waals surface area contributed by atoms with E-state index in [4.69, 9.17) is 16.0 Å². The van der Waals surface area contributed by atoms with Crippen LogP contribution >= 0.6 is 11.6 Å². The van der Waals surface area contributed by atoms with Crippen LogP contribution in [0.15, 0.2) is 76.0 Å². The van der Waals surface area contributed by atoms with Crippen molar-refractivity contribution < 1.29 is 17.6 Å². The molecule has 0 saturated heterocycles. The smallest absolute Gasteiger partial charge is 0.272 e. The molecule has 4 aromatic rings. The fourth-order valence-corrected chi connectivity index (χ4v) is 6.22. The van der Waals surface area contributed by atoms with E-state index in [1.54, 1.807) is 54.6 Å². The summed E-state index contributed by atoms with van der Waals surface area (Å²) >= 11 is 6.02. The Kier molecular flexibility index (Phi) is 6.21. The molecular weight excluding hydrogens is 494 g/mol. The fraction of sp³-hybridized carbons (Fsp3) is 0.276. The third-order valence-corrected chi connectivity index (χ3v) is 8.68. The summed E-state index contributed by atoms with van der Waals surface area (Å²) in [6, 6.07) is 18.1. The number of benzene rings is 3. The Morgan fingerprint density at radius 2 is 1.58 bits per heavy atom. The first-order valence-corrected chi connectivity index (χ1v) is 13.9. The molecule has 0 saturated carbocycles. The van der Waals surface area contributed by atoms with Crippen molar-refractivity contribution in [2.24, 2.45) is 0 Å². The van der Waals surface area contributed by atoms with Crippen molar-refractivity contribution in [3.05, 3.63) is 94.2 Å². The molecule has 7 heteroatoms. The Hall–Kier alpha value is -3.09. The van der Waals surface area contributed by atoms with Crippen molar-refractivity contribution in [1.82, 2.24) is 0 Å².